The molecule has 2 amide bonds. The van der Waals surface area contributed by atoms with E-state index in [1.807, 2.05) is 67.4 Å². The van der Waals surface area contributed by atoms with E-state index in [1.165, 1.54) is 6.33 Å². The molecule has 0 unspecified atom stereocenters. The van der Waals surface area contributed by atoms with Gasteiger partial charge in [0.05, 0.1) is 11.4 Å². The van der Waals surface area contributed by atoms with Crippen LogP contribution in [0.5, 0.6) is 17.4 Å². The van der Waals surface area contributed by atoms with Gasteiger partial charge in [-0.1, -0.05) is 29.8 Å². The highest BCUT2D eigenvalue weighted by Crippen LogP contribution is 2.26. The number of carbonyl (C=O) groups excluding carboxylic acids is 2. The minimum Gasteiger partial charge on any atom is -0.492 e. The number of aromatic nitrogens is 2. The fourth-order valence-corrected chi connectivity index (χ4v) is 3.65. The number of thioether (sulfide) groups is 1. The summed E-state index contributed by atoms with van der Waals surface area (Å²) in [6, 6.07) is 16.9. The number of anilines is 1. The zero-order valence-electron chi connectivity index (χ0n) is 18.1. The molecule has 33 heavy (non-hydrogen) atoms. The second-order valence-electron chi connectivity index (χ2n) is 7.32. The van der Waals surface area contributed by atoms with E-state index in [1.54, 1.807) is 12.1 Å². The van der Waals surface area contributed by atoms with E-state index in [0.29, 0.717) is 35.4 Å². The van der Waals surface area contributed by atoms with Crippen LogP contribution in [0.15, 0.2) is 65.8 Å². The number of nitrogens with zero attached hydrogens (tertiary/aromatic N) is 3. The predicted octanol–water partition coefficient (Wildman–Crippen LogP) is 4.42. The Balaban J connectivity index is 1.29. The third-order valence-electron chi connectivity index (χ3n) is 4.78. The number of aryl methyl sites for hydroxylation is 1. The van der Waals surface area contributed by atoms with Crippen LogP contribution in [-0.2, 0) is 4.79 Å². The zero-order chi connectivity index (χ0) is 23.2. The van der Waals surface area contributed by atoms with Gasteiger partial charge >= 0.3 is 0 Å². The van der Waals surface area contributed by atoms with Gasteiger partial charge < -0.3 is 14.4 Å². The Hall–Kier alpha value is -3.85. The van der Waals surface area contributed by atoms with Crippen molar-refractivity contribution in [2.24, 2.45) is 0 Å². The van der Waals surface area contributed by atoms with E-state index in [0.717, 1.165) is 28.7 Å². The third kappa shape index (κ3) is 6.11. The Kier molecular flexibility index (Phi) is 6.89. The van der Waals surface area contributed by atoms with E-state index >= 15 is 0 Å². The molecule has 0 bridgehead atoms. The number of benzene rings is 2. The highest BCUT2D eigenvalue weighted by Gasteiger charge is 2.24. The third-order valence-corrected chi connectivity index (χ3v) is 5.59. The fraction of sp³-hybridized carbons (Fsp3) is 0.167. The molecular formula is C24H22N4O4S. The van der Waals surface area contributed by atoms with Crippen molar-refractivity contribution in [1.29, 1.82) is 0 Å². The first-order valence-electron chi connectivity index (χ1n) is 10.2. The lowest BCUT2D eigenvalue weighted by atomic mass is 10.2. The first-order chi connectivity index (χ1) is 16.0. The van der Waals surface area contributed by atoms with Crippen LogP contribution in [0, 0.1) is 6.92 Å². The molecule has 168 valence electrons. The van der Waals surface area contributed by atoms with Crippen molar-refractivity contribution in [3.8, 4) is 17.4 Å². The molecule has 0 radical (unpaired) electrons. The van der Waals surface area contributed by atoms with E-state index in [4.69, 9.17) is 9.47 Å². The molecule has 0 saturated carbocycles. The fourth-order valence-electron chi connectivity index (χ4n) is 2.97. The van der Waals surface area contributed by atoms with Crippen LogP contribution in [0.1, 0.15) is 11.1 Å². The van der Waals surface area contributed by atoms with Crippen molar-refractivity contribution in [1.82, 2.24) is 15.3 Å². The number of rotatable bonds is 8. The van der Waals surface area contributed by atoms with Gasteiger partial charge in [-0.15, -0.1) is 0 Å². The molecule has 4 rings (SSSR count). The summed E-state index contributed by atoms with van der Waals surface area (Å²) >= 11 is 0.895. The summed E-state index contributed by atoms with van der Waals surface area (Å²) in [5.74, 6) is 2.24. The van der Waals surface area contributed by atoms with Gasteiger partial charge in [-0.2, -0.15) is 0 Å². The Labute approximate surface area is 195 Å². The second kappa shape index (κ2) is 10.2. The van der Waals surface area contributed by atoms with E-state index < -0.39 is 0 Å². The molecule has 1 saturated heterocycles. The predicted molar refractivity (Wildman–Crippen MR) is 128 cm³/mol. The Morgan fingerprint density at radius 3 is 2.45 bits per heavy atom. The van der Waals surface area contributed by atoms with Crippen LogP contribution >= 0.6 is 11.8 Å². The minimum absolute atomic E-state index is 0.354. The van der Waals surface area contributed by atoms with Gasteiger partial charge in [0.15, 0.2) is 0 Å². The lowest BCUT2D eigenvalue weighted by Crippen LogP contribution is -2.24. The van der Waals surface area contributed by atoms with Crippen LogP contribution < -0.4 is 19.7 Å². The molecule has 1 N–H and O–H groups in total. The average Bonchev–Trinajstić information content (AvgIpc) is 3.13. The maximum Gasteiger partial charge on any atom is 0.290 e. The van der Waals surface area contributed by atoms with Crippen LogP contribution in [-0.4, -0.2) is 41.3 Å². The quantitative estimate of drug-likeness (QED) is 0.492. The van der Waals surface area contributed by atoms with E-state index in [2.05, 4.69) is 15.3 Å². The van der Waals surface area contributed by atoms with Gasteiger partial charge in [-0.25, -0.2) is 9.97 Å². The monoisotopic (exact) mass is 462 g/mol. The molecule has 3 aromatic rings. The van der Waals surface area contributed by atoms with E-state index in [9.17, 15) is 9.59 Å². The number of ether oxygens (including phenoxy) is 2. The number of nitrogens with one attached hydrogen (secondary N) is 1. The van der Waals surface area contributed by atoms with Crippen LogP contribution in [0.3, 0.4) is 0 Å². The molecule has 1 aliphatic heterocycles. The highest BCUT2D eigenvalue weighted by molar-refractivity contribution is 8.18. The van der Waals surface area contributed by atoms with E-state index in [-0.39, 0.29) is 11.1 Å². The lowest BCUT2D eigenvalue weighted by molar-refractivity contribution is -0.115. The SMILES string of the molecule is Cc1ccc(Oc2cc(N(C)CCOc3ccc(/C=C4\SC(=O)NC4=O)cc3)ncn2)cc1. The molecule has 8 nitrogen and oxygen atoms in total. The van der Waals surface area contributed by atoms with Gasteiger partial charge in [0.25, 0.3) is 11.1 Å². The van der Waals surface area contributed by atoms with Crippen molar-refractivity contribution in [2.75, 3.05) is 25.1 Å². The maximum absolute atomic E-state index is 11.6. The molecule has 1 aliphatic rings. The van der Waals surface area contributed by atoms with Gasteiger partial charge in [0.1, 0.15) is 30.3 Å². The maximum atomic E-state index is 11.6. The van der Waals surface area contributed by atoms with Crippen molar-refractivity contribution in [2.45, 2.75) is 6.92 Å². The number of carbonyl (C=O) groups is 2. The summed E-state index contributed by atoms with van der Waals surface area (Å²) in [7, 11) is 1.92. The standard InChI is InChI=1S/C24H22N4O4S/c1-16-3-7-19(8-4-16)32-22-14-21(25-15-26-22)28(2)11-12-31-18-9-5-17(6-10-18)13-20-23(29)27-24(30)33-20/h3-10,13-15H,11-12H2,1-2H3,(H,27,29,30)/b20-13-. The van der Waals surface area contributed by atoms with Crippen LogP contribution in [0.4, 0.5) is 10.6 Å². The van der Waals surface area contributed by atoms with Gasteiger partial charge in [-0.3, -0.25) is 14.9 Å². The molecule has 1 fully saturated rings. The van der Waals surface area contributed by atoms with Crippen LogP contribution in [0.25, 0.3) is 6.08 Å². The van der Waals surface area contributed by atoms with Crippen molar-refractivity contribution >= 4 is 34.8 Å². The summed E-state index contributed by atoms with van der Waals surface area (Å²) in [6.07, 6.45) is 3.15. The Morgan fingerprint density at radius 1 is 1.03 bits per heavy atom. The molecule has 9 heteroatoms. The number of imide groups is 1. The second-order valence-corrected chi connectivity index (χ2v) is 8.34. The molecular weight excluding hydrogens is 440 g/mol. The Morgan fingerprint density at radius 2 is 1.76 bits per heavy atom. The molecule has 0 aliphatic carbocycles. The topological polar surface area (TPSA) is 93.7 Å². The number of likely N-dealkylation sites (N-methyl/N-ethyl adjacent to an activating group) is 1. The molecule has 0 atom stereocenters. The summed E-state index contributed by atoms with van der Waals surface area (Å²) < 4.78 is 11.6. The minimum atomic E-state index is -0.370. The molecule has 0 spiro atoms. The normalized spacial score (nSPS) is 14.3. The number of hydrogen-bond acceptors (Lipinski definition) is 8. The van der Waals surface area contributed by atoms with Gasteiger partial charge in [0.2, 0.25) is 5.88 Å². The number of amides is 2. The average molecular weight is 463 g/mol. The van der Waals surface area contributed by atoms with Crippen molar-refractivity contribution < 1.29 is 19.1 Å². The molecule has 2 heterocycles. The summed E-state index contributed by atoms with van der Waals surface area (Å²) in [6.45, 7) is 3.07. The summed E-state index contributed by atoms with van der Waals surface area (Å²) in [5.41, 5.74) is 1.97. The zero-order valence-corrected chi connectivity index (χ0v) is 19.0. The largest absolute Gasteiger partial charge is 0.492 e. The summed E-state index contributed by atoms with van der Waals surface area (Å²) in [4.78, 5) is 33.7. The van der Waals surface area contributed by atoms with Gasteiger partial charge in [0, 0.05) is 13.1 Å². The Bertz CT molecular complexity index is 1180. The van der Waals surface area contributed by atoms with Crippen molar-refractivity contribution in [3.63, 3.8) is 0 Å². The molecule has 1 aromatic heterocycles. The highest BCUT2D eigenvalue weighted by atomic mass is 32.2. The molecule has 2 aromatic carbocycles. The van der Waals surface area contributed by atoms with Gasteiger partial charge in [-0.05, 0) is 54.6 Å². The lowest BCUT2D eigenvalue weighted by Gasteiger charge is -2.18. The number of hydrogen-bond donors (Lipinski definition) is 1. The summed E-state index contributed by atoms with van der Waals surface area (Å²) in [5, 5.41) is 1.88. The smallest absolute Gasteiger partial charge is 0.290 e. The van der Waals surface area contributed by atoms with Crippen molar-refractivity contribution in [3.05, 3.63) is 77.0 Å². The van der Waals surface area contributed by atoms with Crippen LogP contribution in [0.2, 0.25) is 0 Å². The first-order valence-corrected chi connectivity index (χ1v) is 11.0. The first kappa shape index (κ1) is 22.3.